The Morgan fingerprint density at radius 2 is 1.96 bits per heavy atom. The van der Waals surface area contributed by atoms with E-state index >= 15 is 0 Å². The SMILES string of the molecule is CSc1nc2c(c(=O)[nH]1)[C@@H](C(=O)Nc1cc(F)cc(F)c1)CC(=O)N2. The van der Waals surface area contributed by atoms with E-state index in [1.807, 2.05) is 0 Å². The average molecular weight is 366 g/mol. The van der Waals surface area contributed by atoms with Crippen molar-refractivity contribution in [1.29, 1.82) is 0 Å². The van der Waals surface area contributed by atoms with Gasteiger partial charge in [0.15, 0.2) is 5.16 Å². The molecule has 1 aromatic carbocycles. The number of rotatable bonds is 3. The minimum absolute atomic E-state index is 0.00627. The molecule has 0 fully saturated rings. The number of halogens is 2. The number of carbonyl (C=O) groups is 2. The number of hydrogen-bond acceptors (Lipinski definition) is 5. The van der Waals surface area contributed by atoms with Crippen molar-refractivity contribution in [3.05, 3.63) is 45.8 Å². The van der Waals surface area contributed by atoms with Gasteiger partial charge >= 0.3 is 0 Å². The van der Waals surface area contributed by atoms with Gasteiger partial charge in [-0.3, -0.25) is 14.4 Å². The molecule has 0 unspecified atom stereocenters. The molecule has 0 bridgehead atoms. The van der Waals surface area contributed by atoms with Crippen LogP contribution in [0.15, 0.2) is 28.2 Å². The number of nitrogens with one attached hydrogen (secondary N) is 3. The van der Waals surface area contributed by atoms with Gasteiger partial charge in [-0.1, -0.05) is 11.8 Å². The lowest BCUT2D eigenvalue weighted by Crippen LogP contribution is -2.36. The number of thioether (sulfide) groups is 1. The van der Waals surface area contributed by atoms with E-state index in [9.17, 15) is 23.2 Å². The maximum Gasteiger partial charge on any atom is 0.257 e. The molecule has 2 amide bonds. The van der Waals surface area contributed by atoms with Crippen LogP contribution < -0.4 is 16.2 Å². The Hall–Kier alpha value is -2.75. The summed E-state index contributed by atoms with van der Waals surface area (Å²) in [6.07, 6.45) is 1.41. The molecule has 0 spiro atoms. The number of fused-ring (bicyclic) bond motifs is 1. The van der Waals surface area contributed by atoms with Gasteiger partial charge in [-0.2, -0.15) is 0 Å². The number of anilines is 2. The summed E-state index contributed by atoms with van der Waals surface area (Å²) in [4.78, 5) is 43.2. The van der Waals surface area contributed by atoms with Crippen LogP contribution in [0.4, 0.5) is 20.3 Å². The molecule has 7 nitrogen and oxygen atoms in total. The fourth-order valence-corrected chi connectivity index (χ4v) is 2.90. The van der Waals surface area contributed by atoms with Crippen molar-refractivity contribution in [3.63, 3.8) is 0 Å². The lowest BCUT2D eigenvalue weighted by Gasteiger charge is -2.23. The van der Waals surface area contributed by atoms with Gasteiger partial charge in [0.25, 0.3) is 5.56 Å². The molecule has 0 saturated heterocycles. The van der Waals surface area contributed by atoms with Crippen molar-refractivity contribution in [3.8, 4) is 0 Å². The first-order chi connectivity index (χ1) is 11.9. The molecular formula is C15H12F2N4O3S. The zero-order valence-electron chi connectivity index (χ0n) is 12.9. The summed E-state index contributed by atoms with van der Waals surface area (Å²) in [5.74, 6) is -4.05. The molecule has 1 aliphatic heterocycles. The number of nitrogens with zero attached hydrogens (tertiary/aromatic N) is 1. The summed E-state index contributed by atoms with van der Waals surface area (Å²) in [6, 6.07) is 2.53. The van der Waals surface area contributed by atoms with Crippen LogP contribution in [0, 0.1) is 11.6 Å². The van der Waals surface area contributed by atoms with Crippen LogP contribution in [-0.2, 0) is 9.59 Å². The van der Waals surface area contributed by atoms with Gasteiger partial charge in [-0.05, 0) is 18.4 Å². The first-order valence-corrected chi connectivity index (χ1v) is 8.35. The monoisotopic (exact) mass is 366 g/mol. The highest BCUT2D eigenvalue weighted by atomic mass is 32.2. The third-order valence-electron chi connectivity index (χ3n) is 3.57. The van der Waals surface area contributed by atoms with E-state index < -0.39 is 34.9 Å². The number of hydrogen-bond donors (Lipinski definition) is 3. The molecule has 0 saturated carbocycles. The van der Waals surface area contributed by atoms with Crippen LogP contribution in [0.2, 0.25) is 0 Å². The minimum Gasteiger partial charge on any atom is -0.325 e. The largest absolute Gasteiger partial charge is 0.325 e. The van der Waals surface area contributed by atoms with Gasteiger partial charge in [-0.25, -0.2) is 13.8 Å². The maximum absolute atomic E-state index is 13.2. The highest BCUT2D eigenvalue weighted by Crippen LogP contribution is 2.30. The molecule has 0 radical (unpaired) electrons. The molecule has 1 atom stereocenters. The second-order valence-corrected chi connectivity index (χ2v) is 6.08. The van der Waals surface area contributed by atoms with Crippen molar-refractivity contribution in [1.82, 2.24) is 9.97 Å². The van der Waals surface area contributed by atoms with Crippen molar-refractivity contribution in [2.75, 3.05) is 16.9 Å². The van der Waals surface area contributed by atoms with E-state index in [0.717, 1.165) is 12.1 Å². The Balaban J connectivity index is 1.96. The Labute approximate surface area is 144 Å². The van der Waals surface area contributed by atoms with Gasteiger partial charge < -0.3 is 15.6 Å². The molecule has 3 N–H and O–H groups in total. The predicted molar refractivity (Wildman–Crippen MR) is 87.6 cm³/mol. The number of amides is 2. The molecule has 10 heteroatoms. The predicted octanol–water partition coefficient (Wildman–Crippen LogP) is 1.83. The number of benzene rings is 1. The fourth-order valence-electron chi connectivity index (χ4n) is 2.53. The topological polar surface area (TPSA) is 104 Å². The Bertz CT molecular complexity index is 911. The van der Waals surface area contributed by atoms with Gasteiger partial charge in [-0.15, -0.1) is 0 Å². The third kappa shape index (κ3) is 3.53. The zero-order chi connectivity index (χ0) is 18.1. The summed E-state index contributed by atoms with van der Waals surface area (Å²) in [6.45, 7) is 0. The summed E-state index contributed by atoms with van der Waals surface area (Å²) in [5.41, 5.74) is -0.660. The zero-order valence-corrected chi connectivity index (χ0v) is 13.7. The minimum atomic E-state index is -1.12. The Morgan fingerprint density at radius 3 is 2.60 bits per heavy atom. The van der Waals surface area contributed by atoms with Gasteiger partial charge in [0.1, 0.15) is 17.5 Å². The molecule has 1 aromatic heterocycles. The standard InChI is InChI=1S/C15H12F2N4O3S/c1-25-15-20-12-11(14(24)21-15)9(5-10(22)19-12)13(23)18-8-3-6(16)2-7(17)4-8/h2-4,9H,5H2,1H3,(H,18,23)(H2,19,20,21,22,24)/t9-/m0/s1. The van der Waals surface area contributed by atoms with Gasteiger partial charge in [0.05, 0.1) is 11.5 Å². The van der Waals surface area contributed by atoms with Crippen LogP contribution in [0.3, 0.4) is 0 Å². The molecule has 2 heterocycles. The van der Waals surface area contributed by atoms with Gasteiger partial charge in [0.2, 0.25) is 11.8 Å². The molecule has 1 aliphatic rings. The smallest absolute Gasteiger partial charge is 0.257 e. The van der Waals surface area contributed by atoms with E-state index in [1.54, 1.807) is 6.26 Å². The number of carbonyl (C=O) groups excluding carboxylic acids is 2. The molecule has 0 aliphatic carbocycles. The number of H-pyrrole nitrogens is 1. The van der Waals surface area contributed by atoms with Crippen LogP contribution in [0.25, 0.3) is 0 Å². The van der Waals surface area contributed by atoms with Crippen LogP contribution in [0.5, 0.6) is 0 Å². The van der Waals surface area contributed by atoms with E-state index in [0.29, 0.717) is 6.07 Å². The molecular weight excluding hydrogens is 354 g/mol. The van der Waals surface area contributed by atoms with E-state index in [2.05, 4.69) is 20.6 Å². The van der Waals surface area contributed by atoms with E-state index in [-0.39, 0.29) is 28.6 Å². The first kappa shape index (κ1) is 17.1. The maximum atomic E-state index is 13.2. The lowest BCUT2D eigenvalue weighted by atomic mass is 9.92. The van der Waals surface area contributed by atoms with E-state index in [1.165, 1.54) is 11.8 Å². The molecule has 3 rings (SSSR count). The van der Waals surface area contributed by atoms with E-state index in [4.69, 9.17) is 0 Å². The quantitative estimate of drug-likeness (QED) is 0.568. The van der Waals surface area contributed by atoms with Crippen molar-refractivity contribution >= 4 is 35.1 Å². The highest BCUT2D eigenvalue weighted by Gasteiger charge is 2.34. The average Bonchev–Trinajstić information content (AvgIpc) is 2.52. The van der Waals surface area contributed by atoms with Crippen molar-refractivity contribution in [2.45, 2.75) is 17.5 Å². The van der Waals surface area contributed by atoms with Gasteiger partial charge in [0, 0.05) is 18.2 Å². The van der Waals surface area contributed by atoms with Crippen LogP contribution in [0.1, 0.15) is 17.9 Å². The first-order valence-electron chi connectivity index (χ1n) is 7.12. The summed E-state index contributed by atoms with van der Waals surface area (Å²) in [7, 11) is 0. The number of aromatic nitrogens is 2. The number of aromatic amines is 1. The van der Waals surface area contributed by atoms with Crippen molar-refractivity contribution in [2.24, 2.45) is 0 Å². The van der Waals surface area contributed by atoms with Crippen molar-refractivity contribution < 1.29 is 18.4 Å². The highest BCUT2D eigenvalue weighted by molar-refractivity contribution is 7.98. The third-order valence-corrected chi connectivity index (χ3v) is 4.15. The second-order valence-electron chi connectivity index (χ2n) is 5.29. The summed E-state index contributed by atoms with van der Waals surface area (Å²) in [5, 5.41) is 5.07. The summed E-state index contributed by atoms with van der Waals surface area (Å²) >= 11 is 1.17. The second kappa shape index (κ2) is 6.63. The Morgan fingerprint density at radius 1 is 1.28 bits per heavy atom. The molecule has 130 valence electrons. The lowest BCUT2D eigenvalue weighted by molar-refractivity contribution is -0.123. The fraction of sp³-hybridized carbons (Fsp3) is 0.200. The summed E-state index contributed by atoms with van der Waals surface area (Å²) < 4.78 is 26.5. The molecule has 25 heavy (non-hydrogen) atoms. The molecule has 2 aromatic rings. The normalized spacial score (nSPS) is 16.1. The van der Waals surface area contributed by atoms with Crippen LogP contribution in [-0.4, -0.2) is 28.0 Å². The van der Waals surface area contributed by atoms with Crippen LogP contribution >= 0.6 is 11.8 Å². The Kier molecular flexibility index (Phi) is 4.53.